The van der Waals surface area contributed by atoms with Gasteiger partial charge in [0.25, 0.3) is 0 Å². The number of rotatable bonds is 6. The normalized spacial score (nSPS) is 11.9. The Morgan fingerprint density at radius 1 is 0.447 bits per heavy atom. The van der Waals surface area contributed by atoms with Gasteiger partial charge >= 0.3 is 0 Å². The quantitative estimate of drug-likeness (QED) is 0.177. The standard InChI is InChI=1S/C36H27OP/c37-36(30-23-20-29(21-24-30)32-25-22-28-12-10-11-13-31(28)26-32)27-38(33-14-4-1-5-15-33,34-16-6-2-7-17-34)35-18-8-3-9-19-35/h1-27H/p+1/b36-27-. The maximum Gasteiger partial charge on any atom is 0.158 e. The van der Waals surface area contributed by atoms with Crippen molar-refractivity contribution in [3.8, 4) is 11.1 Å². The zero-order valence-corrected chi connectivity index (χ0v) is 21.9. The number of benzene rings is 6. The summed E-state index contributed by atoms with van der Waals surface area (Å²) in [5.41, 5.74) is 3.10. The molecule has 0 radical (unpaired) electrons. The molecule has 182 valence electrons. The van der Waals surface area contributed by atoms with Crippen molar-refractivity contribution in [1.82, 2.24) is 0 Å². The maximum absolute atomic E-state index is 11.6. The second-order valence-corrected chi connectivity index (χ2v) is 12.6. The Bertz CT molecular complexity index is 1590. The monoisotopic (exact) mass is 507 g/mol. The topological polar surface area (TPSA) is 20.2 Å². The largest absolute Gasteiger partial charge is 0.504 e. The Morgan fingerprint density at radius 3 is 1.42 bits per heavy atom. The van der Waals surface area contributed by atoms with E-state index in [1.807, 2.05) is 30.3 Å². The molecule has 0 saturated heterocycles. The second-order valence-electron chi connectivity index (χ2n) is 9.38. The highest BCUT2D eigenvalue weighted by atomic mass is 31.2. The Balaban J connectivity index is 1.46. The molecule has 6 rings (SSSR count). The van der Waals surface area contributed by atoms with Crippen molar-refractivity contribution in [1.29, 1.82) is 0 Å². The Labute approximate surface area is 224 Å². The fraction of sp³-hybridized carbons (Fsp3) is 0. The van der Waals surface area contributed by atoms with E-state index in [2.05, 4.69) is 133 Å². The molecule has 0 unspecified atom stereocenters. The molecule has 0 amide bonds. The van der Waals surface area contributed by atoms with Gasteiger partial charge in [0.05, 0.1) is 0 Å². The first-order chi connectivity index (χ1) is 18.7. The lowest BCUT2D eigenvalue weighted by atomic mass is 10.00. The molecule has 0 fully saturated rings. The maximum atomic E-state index is 11.6. The molecule has 2 heteroatoms. The van der Waals surface area contributed by atoms with Gasteiger partial charge in [0.2, 0.25) is 0 Å². The van der Waals surface area contributed by atoms with Crippen LogP contribution in [0, 0.1) is 0 Å². The van der Waals surface area contributed by atoms with E-state index >= 15 is 0 Å². The molecular formula is C36H28OP+. The number of hydrogen-bond donors (Lipinski definition) is 1. The van der Waals surface area contributed by atoms with E-state index in [9.17, 15) is 5.11 Å². The summed E-state index contributed by atoms with van der Waals surface area (Å²) in [7, 11) is -2.28. The minimum Gasteiger partial charge on any atom is -0.504 e. The molecule has 1 N–H and O–H groups in total. The van der Waals surface area contributed by atoms with Gasteiger partial charge in [-0.25, -0.2) is 0 Å². The van der Waals surface area contributed by atoms with Crippen molar-refractivity contribution >= 4 is 39.7 Å². The van der Waals surface area contributed by atoms with Crippen LogP contribution in [0.3, 0.4) is 0 Å². The van der Waals surface area contributed by atoms with Crippen LogP contribution in [0.5, 0.6) is 0 Å². The summed E-state index contributed by atoms with van der Waals surface area (Å²) < 4.78 is 0. The summed E-state index contributed by atoms with van der Waals surface area (Å²) in [5, 5.41) is 17.7. The van der Waals surface area contributed by atoms with Crippen LogP contribution in [0.25, 0.3) is 27.7 Å². The van der Waals surface area contributed by atoms with Gasteiger partial charge in [-0.05, 0) is 64.4 Å². The van der Waals surface area contributed by atoms with Crippen LogP contribution >= 0.6 is 7.26 Å². The molecule has 0 spiro atoms. The highest BCUT2D eigenvalue weighted by Gasteiger charge is 2.44. The molecule has 6 aromatic carbocycles. The van der Waals surface area contributed by atoms with Gasteiger partial charge in [-0.15, -0.1) is 0 Å². The first kappa shape index (κ1) is 23.9. The van der Waals surface area contributed by atoms with Crippen LogP contribution in [0.15, 0.2) is 164 Å². The lowest BCUT2D eigenvalue weighted by Gasteiger charge is -2.24. The number of aliphatic hydroxyl groups excluding tert-OH is 1. The van der Waals surface area contributed by atoms with Gasteiger partial charge in [0.15, 0.2) is 5.76 Å². The average molecular weight is 508 g/mol. The van der Waals surface area contributed by atoms with E-state index < -0.39 is 7.26 Å². The van der Waals surface area contributed by atoms with Crippen molar-refractivity contribution in [2.45, 2.75) is 0 Å². The van der Waals surface area contributed by atoms with Crippen LogP contribution in [0.1, 0.15) is 5.56 Å². The first-order valence-corrected chi connectivity index (χ1v) is 14.7. The molecule has 6 aromatic rings. The van der Waals surface area contributed by atoms with Crippen LogP contribution in [0.4, 0.5) is 0 Å². The van der Waals surface area contributed by atoms with E-state index in [0.29, 0.717) is 5.76 Å². The number of hydrogen-bond acceptors (Lipinski definition) is 1. The van der Waals surface area contributed by atoms with E-state index in [-0.39, 0.29) is 0 Å². The minimum atomic E-state index is -2.28. The summed E-state index contributed by atoms with van der Waals surface area (Å²) in [5.74, 6) is 2.40. The number of fused-ring (bicyclic) bond motifs is 1. The zero-order valence-electron chi connectivity index (χ0n) is 21.0. The molecule has 0 saturated carbocycles. The predicted molar refractivity (Wildman–Crippen MR) is 165 cm³/mol. The summed E-state index contributed by atoms with van der Waals surface area (Å²) >= 11 is 0. The van der Waals surface area contributed by atoms with Crippen molar-refractivity contribution in [2.24, 2.45) is 0 Å². The highest BCUT2D eigenvalue weighted by molar-refractivity contribution is 7.98. The zero-order chi connectivity index (χ0) is 25.8. The fourth-order valence-corrected chi connectivity index (χ4v) is 8.91. The van der Waals surface area contributed by atoms with E-state index in [1.54, 1.807) is 0 Å². The molecule has 0 aliphatic carbocycles. The van der Waals surface area contributed by atoms with Crippen LogP contribution in [-0.2, 0) is 0 Å². The molecule has 0 atom stereocenters. The molecular weight excluding hydrogens is 479 g/mol. The van der Waals surface area contributed by atoms with Gasteiger partial charge in [-0.3, -0.25) is 0 Å². The van der Waals surface area contributed by atoms with E-state index in [0.717, 1.165) is 11.1 Å². The van der Waals surface area contributed by atoms with Crippen LogP contribution in [-0.4, -0.2) is 5.11 Å². The predicted octanol–water partition coefficient (Wildman–Crippen LogP) is 8.36. The Hall–Kier alpha value is -4.45. The molecule has 0 aliphatic heterocycles. The van der Waals surface area contributed by atoms with Gasteiger partial charge in [0.1, 0.15) is 29.0 Å². The molecule has 0 bridgehead atoms. The summed E-state index contributed by atoms with van der Waals surface area (Å²) in [6, 6.07) is 54.9. The highest BCUT2D eigenvalue weighted by Crippen LogP contribution is 2.58. The average Bonchev–Trinajstić information content (AvgIpc) is 3.01. The third-order valence-electron chi connectivity index (χ3n) is 7.07. The lowest BCUT2D eigenvalue weighted by molar-refractivity contribution is 0.513. The second kappa shape index (κ2) is 10.5. The summed E-state index contributed by atoms with van der Waals surface area (Å²) in [6.07, 6.45) is 0. The van der Waals surface area contributed by atoms with Gasteiger partial charge < -0.3 is 5.11 Å². The minimum absolute atomic E-state index is 0.292. The van der Waals surface area contributed by atoms with Crippen LogP contribution < -0.4 is 15.9 Å². The SMILES string of the molecule is O/C(=C\[P+](c1ccccc1)(c1ccccc1)c1ccccc1)c1ccc(-c2ccc3ccccc3c2)cc1. The van der Waals surface area contributed by atoms with Crippen molar-refractivity contribution < 1.29 is 5.11 Å². The molecule has 0 aromatic heterocycles. The van der Waals surface area contributed by atoms with Crippen molar-refractivity contribution in [3.05, 3.63) is 169 Å². The molecule has 0 aliphatic rings. The van der Waals surface area contributed by atoms with Gasteiger partial charge in [-0.1, -0.05) is 115 Å². The smallest absolute Gasteiger partial charge is 0.158 e. The van der Waals surface area contributed by atoms with Crippen LogP contribution in [0.2, 0.25) is 0 Å². The molecule has 1 nitrogen and oxygen atoms in total. The Morgan fingerprint density at radius 2 is 0.895 bits per heavy atom. The summed E-state index contributed by atoms with van der Waals surface area (Å²) in [4.78, 5) is 0. The number of aliphatic hydroxyl groups is 1. The fourth-order valence-electron chi connectivity index (χ4n) is 5.12. The lowest BCUT2D eigenvalue weighted by Crippen LogP contribution is -2.29. The van der Waals surface area contributed by atoms with Gasteiger partial charge in [0, 0.05) is 5.56 Å². The van der Waals surface area contributed by atoms with E-state index in [1.165, 1.54) is 32.2 Å². The molecule has 38 heavy (non-hydrogen) atoms. The third-order valence-corrected chi connectivity index (χ3v) is 11.0. The third kappa shape index (κ3) is 4.54. The van der Waals surface area contributed by atoms with E-state index in [4.69, 9.17) is 0 Å². The van der Waals surface area contributed by atoms with Crippen molar-refractivity contribution in [3.63, 3.8) is 0 Å². The Kier molecular flexibility index (Phi) is 6.61. The summed E-state index contributed by atoms with van der Waals surface area (Å²) in [6.45, 7) is 0. The van der Waals surface area contributed by atoms with Crippen molar-refractivity contribution in [2.75, 3.05) is 0 Å². The van der Waals surface area contributed by atoms with Gasteiger partial charge in [-0.2, -0.15) is 0 Å². The first-order valence-electron chi connectivity index (χ1n) is 12.8. The molecule has 0 heterocycles.